The molecule has 0 aliphatic rings. The fourth-order valence-corrected chi connectivity index (χ4v) is 1.14. The maximum atomic E-state index is 13.0. The van der Waals surface area contributed by atoms with E-state index in [0.29, 0.717) is 12.0 Å². The molecule has 0 saturated heterocycles. The number of carbonyl (C=O) groups is 1. The van der Waals surface area contributed by atoms with Gasteiger partial charge in [0, 0.05) is 11.6 Å². The normalized spacial score (nSPS) is 9.93. The molecule has 1 aromatic heterocycles. The van der Waals surface area contributed by atoms with Gasteiger partial charge in [0.2, 0.25) is 0 Å². The molecule has 0 aliphatic heterocycles. The van der Waals surface area contributed by atoms with Crippen LogP contribution in [-0.4, -0.2) is 16.5 Å². The summed E-state index contributed by atoms with van der Waals surface area (Å²) >= 11 is 0. The van der Waals surface area contributed by atoms with E-state index in [1.165, 1.54) is 24.5 Å². The number of nitrogens with zero attached hydrogens (tertiary/aromatic N) is 1. The van der Waals surface area contributed by atoms with Gasteiger partial charge >= 0.3 is 0 Å². The number of nitrogens with one attached hydrogen (secondary N) is 1. The second-order valence-corrected chi connectivity index (χ2v) is 2.87. The molecule has 5 heteroatoms. The lowest BCUT2D eigenvalue weighted by Crippen LogP contribution is -1.87. The third kappa shape index (κ3) is 2.19. The molecule has 0 atom stereocenters. The largest absolute Gasteiger partial charge is 0.454 e. The monoisotopic (exact) mass is 206 g/mol. The predicted molar refractivity (Wildman–Crippen MR) is 50.4 cm³/mol. The Morgan fingerprint density at radius 2 is 2.20 bits per heavy atom. The fraction of sp³-hybridized carbons (Fsp3) is 0. The maximum absolute atomic E-state index is 13.0. The van der Waals surface area contributed by atoms with Crippen LogP contribution in [-0.2, 0) is 0 Å². The molecule has 15 heavy (non-hydrogen) atoms. The summed E-state index contributed by atoms with van der Waals surface area (Å²) in [7, 11) is 0. The molecular formula is C10H7FN2O2. The molecule has 2 aromatic rings. The van der Waals surface area contributed by atoms with Crippen molar-refractivity contribution in [2.75, 3.05) is 0 Å². The number of hydrogen-bond donors (Lipinski definition) is 1. The van der Waals surface area contributed by atoms with Crippen LogP contribution in [0.15, 0.2) is 30.6 Å². The molecule has 2 rings (SSSR count). The van der Waals surface area contributed by atoms with Crippen molar-refractivity contribution in [3.8, 4) is 11.5 Å². The predicted octanol–water partition coefficient (Wildman–Crippen LogP) is 2.15. The van der Waals surface area contributed by atoms with Crippen molar-refractivity contribution in [3.05, 3.63) is 42.0 Å². The highest BCUT2D eigenvalue weighted by Crippen LogP contribution is 2.21. The van der Waals surface area contributed by atoms with Gasteiger partial charge in [-0.05, 0) is 12.1 Å². The van der Waals surface area contributed by atoms with Crippen molar-refractivity contribution in [1.29, 1.82) is 0 Å². The van der Waals surface area contributed by atoms with Crippen LogP contribution in [0, 0.1) is 5.82 Å². The number of rotatable bonds is 3. The number of aldehydes is 1. The molecule has 76 valence electrons. The van der Waals surface area contributed by atoms with Crippen LogP contribution in [0.2, 0.25) is 0 Å². The lowest BCUT2D eigenvalue weighted by Gasteiger charge is -2.03. The average Bonchev–Trinajstić information content (AvgIpc) is 2.69. The first kappa shape index (κ1) is 9.39. The number of H-pyrrole nitrogens is 1. The zero-order valence-corrected chi connectivity index (χ0v) is 7.61. The molecule has 0 spiro atoms. The van der Waals surface area contributed by atoms with E-state index in [0.717, 1.165) is 6.07 Å². The Kier molecular flexibility index (Phi) is 2.45. The Labute approximate surface area is 84.7 Å². The highest BCUT2D eigenvalue weighted by molar-refractivity contribution is 5.75. The number of halogens is 1. The van der Waals surface area contributed by atoms with Gasteiger partial charge in [-0.15, -0.1) is 0 Å². The Balaban J connectivity index is 2.28. The molecule has 1 heterocycles. The lowest BCUT2D eigenvalue weighted by atomic mass is 10.2. The van der Waals surface area contributed by atoms with Gasteiger partial charge in [0.05, 0.1) is 12.4 Å². The SMILES string of the molecule is O=Cc1cc(F)cc(Oc2cn[nH]c2)c1. The summed E-state index contributed by atoms with van der Waals surface area (Å²) in [5.41, 5.74) is 0.230. The van der Waals surface area contributed by atoms with Crippen LogP contribution >= 0.6 is 0 Å². The number of benzene rings is 1. The maximum Gasteiger partial charge on any atom is 0.165 e. The number of carbonyl (C=O) groups excluding carboxylic acids is 1. The minimum absolute atomic E-state index is 0.230. The van der Waals surface area contributed by atoms with E-state index in [1.807, 2.05) is 0 Å². The number of aromatic amines is 1. The third-order valence-electron chi connectivity index (χ3n) is 1.74. The number of ether oxygens (including phenoxy) is 1. The standard InChI is InChI=1S/C10H7FN2O2/c11-8-1-7(6-14)2-9(3-8)15-10-4-12-13-5-10/h1-6H,(H,12,13). The van der Waals surface area contributed by atoms with Gasteiger partial charge in [0.1, 0.15) is 17.9 Å². The van der Waals surface area contributed by atoms with Crippen LogP contribution in [0.3, 0.4) is 0 Å². The summed E-state index contributed by atoms with van der Waals surface area (Å²) in [4.78, 5) is 10.5. The van der Waals surface area contributed by atoms with Gasteiger partial charge in [-0.2, -0.15) is 5.10 Å². The minimum Gasteiger partial charge on any atom is -0.454 e. The zero-order valence-electron chi connectivity index (χ0n) is 7.61. The van der Waals surface area contributed by atoms with E-state index in [1.54, 1.807) is 0 Å². The van der Waals surface area contributed by atoms with Crippen molar-refractivity contribution in [2.45, 2.75) is 0 Å². The minimum atomic E-state index is -0.516. The molecule has 0 unspecified atom stereocenters. The zero-order chi connectivity index (χ0) is 10.7. The van der Waals surface area contributed by atoms with Crippen LogP contribution < -0.4 is 4.74 Å². The first-order chi connectivity index (χ1) is 7.28. The third-order valence-corrected chi connectivity index (χ3v) is 1.74. The molecule has 1 N–H and O–H groups in total. The highest BCUT2D eigenvalue weighted by Gasteiger charge is 2.03. The molecule has 0 bridgehead atoms. The van der Waals surface area contributed by atoms with Crippen LogP contribution in [0.5, 0.6) is 11.5 Å². The number of hydrogen-bond acceptors (Lipinski definition) is 3. The number of aromatic nitrogens is 2. The average molecular weight is 206 g/mol. The van der Waals surface area contributed by atoms with Gasteiger partial charge in [-0.1, -0.05) is 0 Å². The molecule has 4 nitrogen and oxygen atoms in total. The van der Waals surface area contributed by atoms with Gasteiger partial charge < -0.3 is 4.74 Å². The van der Waals surface area contributed by atoms with Crippen LogP contribution in [0.1, 0.15) is 10.4 Å². The van der Waals surface area contributed by atoms with Gasteiger partial charge in [0.15, 0.2) is 5.75 Å². The van der Waals surface area contributed by atoms with E-state index < -0.39 is 5.82 Å². The van der Waals surface area contributed by atoms with Gasteiger partial charge in [-0.3, -0.25) is 9.89 Å². The molecule has 1 aromatic carbocycles. The second kappa shape index (κ2) is 3.91. The smallest absolute Gasteiger partial charge is 0.165 e. The first-order valence-corrected chi connectivity index (χ1v) is 4.20. The second-order valence-electron chi connectivity index (χ2n) is 2.87. The molecule has 0 radical (unpaired) electrons. The van der Waals surface area contributed by atoms with Crippen molar-refractivity contribution in [3.63, 3.8) is 0 Å². The molecule has 0 saturated carbocycles. The van der Waals surface area contributed by atoms with Crippen LogP contribution in [0.25, 0.3) is 0 Å². The summed E-state index contributed by atoms with van der Waals surface area (Å²) in [5.74, 6) is 0.203. The van der Waals surface area contributed by atoms with Gasteiger partial charge in [-0.25, -0.2) is 4.39 Å². The Bertz CT molecular complexity index is 468. The van der Waals surface area contributed by atoms with E-state index in [2.05, 4.69) is 10.2 Å². The Hall–Kier alpha value is -2.17. The Morgan fingerprint density at radius 3 is 2.87 bits per heavy atom. The summed E-state index contributed by atoms with van der Waals surface area (Å²) in [5, 5.41) is 6.22. The van der Waals surface area contributed by atoms with Crippen molar-refractivity contribution < 1.29 is 13.9 Å². The van der Waals surface area contributed by atoms with E-state index in [9.17, 15) is 9.18 Å². The molecule has 0 amide bonds. The quantitative estimate of drug-likeness (QED) is 0.783. The summed E-state index contributed by atoms with van der Waals surface area (Å²) in [6.07, 6.45) is 3.53. The molecular weight excluding hydrogens is 199 g/mol. The lowest BCUT2D eigenvalue weighted by molar-refractivity contribution is 0.112. The highest BCUT2D eigenvalue weighted by atomic mass is 19.1. The topological polar surface area (TPSA) is 55.0 Å². The van der Waals surface area contributed by atoms with Crippen molar-refractivity contribution >= 4 is 6.29 Å². The van der Waals surface area contributed by atoms with Crippen molar-refractivity contribution in [1.82, 2.24) is 10.2 Å². The van der Waals surface area contributed by atoms with E-state index in [-0.39, 0.29) is 11.3 Å². The van der Waals surface area contributed by atoms with Gasteiger partial charge in [0.25, 0.3) is 0 Å². The summed E-state index contributed by atoms with van der Waals surface area (Å²) in [6, 6.07) is 3.78. The Morgan fingerprint density at radius 1 is 1.33 bits per heavy atom. The summed E-state index contributed by atoms with van der Waals surface area (Å²) in [6.45, 7) is 0. The summed E-state index contributed by atoms with van der Waals surface area (Å²) < 4.78 is 18.2. The molecule has 0 fully saturated rings. The first-order valence-electron chi connectivity index (χ1n) is 4.20. The fourth-order valence-electron chi connectivity index (χ4n) is 1.14. The van der Waals surface area contributed by atoms with Crippen LogP contribution in [0.4, 0.5) is 4.39 Å². The van der Waals surface area contributed by atoms with E-state index in [4.69, 9.17) is 4.74 Å². The molecule has 0 aliphatic carbocycles. The van der Waals surface area contributed by atoms with Crippen molar-refractivity contribution in [2.24, 2.45) is 0 Å². The van der Waals surface area contributed by atoms with E-state index >= 15 is 0 Å².